The van der Waals surface area contributed by atoms with Crippen LogP contribution in [0.2, 0.25) is 0 Å². The van der Waals surface area contributed by atoms with E-state index < -0.39 is 5.91 Å². The van der Waals surface area contributed by atoms with Gasteiger partial charge in [0.2, 0.25) is 5.43 Å². The molecule has 27 heavy (non-hydrogen) atoms. The van der Waals surface area contributed by atoms with Gasteiger partial charge in [0, 0.05) is 18.6 Å². The summed E-state index contributed by atoms with van der Waals surface area (Å²) in [6.45, 7) is 6.46. The van der Waals surface area contributed by atoms with Gasteiger partial charge in [-0.15, -0.1) is 0 Å². The van der Waals surface area contributed by atoms with E-state index in [9.17, 15) is 9.59 Å². The lowest BCUT2D eigenvalue weighted by Gasteiger charge is -2.18. The largest absolute Gasteiger partial charge is 0.350 e. The summed E-state index contributed by atoms with van der Waals surface area (Å²) >= 11 is 0. The number of carbonyl (C=O) groups is 1. The Hall–Kier alpha value is -3.21. The molecule has 3 rings (SSSR count). The Morgan fingerprint density at radius 1 is 1.07 bits per heavy atom. The number of aromatic nitrogens is 1. The molecule has 0 aliphatic rings. The Kier molecular flexibility index (Phi) is 4.95. The van der Waals surface area contributed by atoms with E-state index in [4.69, 9.17) is 0 Å². The average molecular weight is 361 g/mol. The third kappa shape index (κ3) is 3.97. The fourth-order valence-electron chi connectivity index (χ4n) is 2.90. The van der Waals surface area contributed by atoms with E-state index in [1.807, 2.05) is 36.4 Å². The zero-order chi connectivity index (χ0) is 19.6. The monoisotopic (exact) mass is 361 g/mol. The second-order valence-electron chi connectivity index (χ2n) is 7.57. The lowest BCUT2D eigenvalue weighted by molar-refractivity contribution is 0.0953. The van der Waals surface area contributed by atoms with Gasteiger partial charge in [-0.25, -0.2) is 5.43 Å². The number of hydrogen-bond donors (Lipinski definition) is 1. The minimum Gasteiger partial charge on any atom is -0.350 e. The summed E-state index contributed by atoms with van der Waals surface area (Å²) in [6, 6.07) is 15.2. The van der Waals surface area contributed by atoms with Gasteiger partial charge in [-0.3, -0.25) is 9.59 Å². The van der Waals surface area contributed by atoms with Crippen molar-refractivity contribution in [3.63, 3.8) is 0 Å². The molecule has 5 nitrogen and oxygen atoms in total. The first-order valence-electron chi connectivity index (χ1n) is 8.80. The van der Waals surface area contributed by atoms with Crippen LogP contribution < -0.4 is 10.9 Å². The summed E-state index contributed by atoms with van der Waals surface area (Å²) in [5.74, 6) is -0.524. The minimum absolute atomic E-state index is 0.0661. The standard InChI is InChI=1S/C22H23N3O2/c1-22(2,3)16-11-9-15(10-12-16)13-23-24-21(27)18-14-25(4)19-8-6-5-7-17(19)20(18)26/h5-14H,1-4H3,(H,24,27)/b23-13+. The van der Waals surface area contributed by atoms with Crippen LogP contribution in [-0.2, 0) is 12.5 Å². The van der Waals surface area contributed by atoms with Crippen molar-refractivity contribution in [1.82, 2.24) is 9.99 Å². The molecule has 0 fully saturated rings. The SMILES string of the molecule is Cn1cc(C(=O)N/N=C/c2ccc(C(C)(C)C)cc2)c(=O)c2ccccc21. The normalized spacial score (nSPS) is 11.9. The van der Waals surface area contributed by atoms with Crippen molar-refractivity contribution in [2.24, 2.45) is 12.1 Å². The second-order valence-corrected chi connectivity index (χ2v) is 7.57. The summed E-state index contributed by atoms with van der Waals surface area (Å²) in [7, 11) is 1.80. The van der Waals surface area contributed by atoms with Crippen LogP contribution in [0.3, 0.4) is 0 Å². The van der Waals surface area contributed by atoms with Gasteiger partial charge in [0.05, 0.1) is 11.7 Å². The lowest BCUT2D eigenvalue weighted by atomic mass is 9.87. The first-order valence-corrected chi connectivity index (χ1v) is 8.80. The average Bonchev–Trinajstić information content (AvgIpc) is 2.64. The van der Waals surface area contributed by atoms with Gasteiger partial charge in [0.15, 0.2) is 0 Å². The number of benzene rings is 2. The molecule has 0 aliphatic heterocycles. The summed E-state index contributed by atoms with van der Waals surface area (Å²) < 4.78 is 1.76. The molecule has 0 atom stereocenters. The van der Waals surface area contributed by atoms with E-state index in [0.717, 1.165) is 11.1 Å². The van der Waals surface area contributed by atoms with E-state index in [1.54, 1.807) is 30.0 Å². The number of aryl methyl sites for hydroxylation is 1. The fourth-order valence-corrected chi connectivity index (χ4v) is 2.90. The van der Waals surface area contributed by atoms with E-state index in [-0.39, 0.29) is 16.4 Å². The van der Waals surface area contributed by atoms with Crippen molar-refractivity contribution < 1.29 is 4.79 Å². The van der Waals surface area contributed by atoms with Crippen LogP contribution in [0.1, 0.15) is 42.3 Å². The molecule has 0 bridgehead atoms. The zero-order valence-corrected chi connectivity index (χ0v) is 16.0. The number of hydrogen-bond acceptors (Lipinski definition) is 3. The lowest BCUT2D eigenvalue weighted by Crippen LogP contribution is -2.26. The Balaban J connectivity index is 1.78. The number of rotatable bonds is 3. The van der Waals surface area contributed by atoms with E-state index in [0.29, 0.717) is 5.39 Å². The Labute approximate surface area is 158 Å². The third-order valence-corrected chi connectivity index (χ3v) is 4.50. The maximum absolute atomic E-state index is 12.6. The Bertz CT molecular complexity index is 1070. The summed E-state index contributed by atoms with van der Waals surface area (Å²) in [5.41, 5.74) is 5.17. The number of carbonyl (C=O) groups excluding carboxylic acids is 1. The molecule has 1 heterocycles. The molecule has 138 valence electrons. The van der Waals surface area contributed by atoms with E-state index >= 15 is 0 Å². The summed E-state index contributed by atoms with van der Waals surface area (Å²) in [6.07, 6.45) is 3.10. The van der Waals surface area contributed by atoms with Crippen LogP contribution in [0.5, 0.6) is 0 Å². The first kappa shape index (κ1) is 18.6. The molecule has 0 unspecified atom stereocenters. The van der Waals surface area contributed by atoms with Gasteiger partial charge in [-0.05, 0) is 28.7 Å². The smallest absolute Gasteiger partial charge is 0.276 e. The maximum atomic E-state index is 12.6. The number of para-hydroxylation sites is 1. The van der Waals surface area contributed by atoms with Crippen LogP contribution in [0.25, 0.3) is 10.9 Å². The number of fused-ring (bicyclic) bond motifs is 1. The molecule has 0 spiro atoms. The van der Waals surface area contributed by atoms with Crippen molar-refractivity contribution in [2.45, 2.75) is 26.2 Å². The molecule has 1 aromatic heterocycles. The first-order chi connectivity index (χ1) is 12.8. The topological polar surface area (TPSA) is 63.5 Å². The molecule has 0 saturated heterocycles. The zero-order valence-electron chi connectivity index (χ0n) is 16.0. The van der Waals surface area contributed by atoms with Crippen molar-refractivity contribution in [3.8, 4) is 0 Å². The van der Waals surface area contributed by atoms with E-state index in [1.165, 1.54) is 11.8 Å². The Morgan fingerprint density at radius 2 is 1.74 bits per heavy atom. The molecule has 0 aliphatic carbocycles. The molecule has 0 radical (unpaired) electrons. The van der Waals surface area contributed by atoms with E-state index in [2.05, 4.69) is 31.3 Å². The molecule has 0 saturated carbocycles. The highest BCUT2D eigenvalue weighted by Crippen LogP contribution is 2.21. The van der Waals surface area contributed by atoms with Crippen LogP contribution in [0.4, 0.5) is 0 Å². The molecular weight excluding hydrogens is 338 g/mol. The minimum atomic E-state index is -0.524. The highest BCUT2D eigenvalue weighted by atomic mass is 16.2. The van der Waals surface area contributed by atoms with Crippen molar-refractivity contribution >= 4 is 23.0 Å². The highest BCUT2D eigenvalue weighted by Gasteiger charge is 2.14. The van der Waals surface area contributed by atoms with Crippen LogP contribution in [-0.4, -0.2) is 16.7 Å². The van der Waals surface area contributed by atoms with Crippen LogP contribution >= 0.6 is 0 Å². The molecule has 5 heteroatoms. The third-order valence-electron chi connectivity index (χ3n) is 4.50. The van der Waals surface area contributed by atoms with Crippen LogP contribution in [0.15, 0.2) is 64.6 Å². The van der Waals surface area contributed by atoms with Crippen molar-refractivity contribution in [2.75, 3.05) is 0 Å². The van der Waals surface area contributed by atoms with Gasteiger partial charge in [0.25, 0.3) is 5.91 Å². The Morgan fingerprint density at radius 3 is 2.41 bits per heavy atom. The molecule has 1 amide bonds. The molecule has 3 aromatic rings. The quantitative estimate of drug-likeness (QED) is 0.572. The van der Waals surface area contributed by atoms with Gasteiger partial charge in [-0.2, -0.15) is 5.10 Å². The number of pyridine rings is 1. The fraction of sp³-hybridized carbons (Fsp3) is 0.227. The van der Waals surface area contributed by atoms with Crippen molar-refractivity contribution in [1.29, 1.82) is 0 Å². The highest BCUT2D eigenvalue weighted by molar-refractivity contribution is 5.97. The number of amides is 1. The molecule has 2 aromatic carbocycles. The summed E-state index contributed by atoms with van der Waals surface area (Å²) in [4.78, 5) is 25.0. The molecular formula is C22H23N3O2. The number of nitrogens with zero attached hydrogens (tertiary/aromatic N) is 2. The summed E-state index contributed by atoms with van der Waals surface area (Å²) in [5, 5.41) is 4.50. The molecule has 1 N–H and O–H groups in total. The number of hydrazone groups is 1. The van der Waals surface area contributed by atoms with Crippen LogP contribution in [0, 0.1) is 0 Å². The van der Waals surface area contributed by atoms with Gasteiger partial charge in [0.1, 0.15) is 5.56 Å². The maximum Gasteiger partial charge on any atom is 0.276 e. The van der Waals surface area contributed by atoms with Crippen molar-refractivity contribution in [3.05, 3.63) is 81.6 Å². The predicted octanol–water partition coefficient (Wildman–Crippen LogP) is 3.60. The van der Waals surface area contributed by atoms with Gasteiger partial charge in [-0.1, -0.05) is 57.2 Å². The van der Waals surface area contributed by atoms with Gasteiger partial charge < -0.3 is 4.57 Å². The van der Waals surface area contributed by atoms with Gasteiger partial charge >= 0.3 is 0 Å². The number of nitrogens with one attached hydrogen (secondary N) is 1. The predicted molar refractivity (Wildman–Crippen MR) is 109 cm³/mol. The second kappa shape index (κ2) is 7.19.